The lowest BCUT2D eigenvalue weighted by Gasteiger charge is -2.04. The van der Waals surface area contributed by atoms with Crippen molar-refractivity contribution in [2.45, 2.75) is 13.8 Å². The predicted molar refractivity (Wildman–Crippen MR) is 73.5 cm³/mol. The second-order valence-corrected chi connectivity index (χ2v) is 4.75. The topological polar surface area (TPSA) is 77.2 Å². The molecular formula is C14H17N3O3. The van der Waals surface area contributed by atoms with Gasteiger partial charge in [-0.3, -0.25) is 4.79 Å². The Hall–Kier alpha value is -2.37. The number of carbonyl (C=O) groups is 1. The quantitative estimate of drug-likeness (QED) is 0.904. The fourth-order valence-electron chi connectivity index (χ4n) is 1.56. The van der Waals surface area contributed by atoms with Crippen molar-refractivity contribution < 1.29 is 13.9 Å². The zero-order valence-electron chi connectivity index (χ0n) is 11.7. The second kappa shape index (κ2) is 6.18. The molecule has 1 aromatic heterocycles. The molecular weight excluding hydrogens is 258 g/mol. The molecule has 0 saturated carbocycles. The van der Waals surface area contributed by atoms with Gasteiger partial charge in [0.05, 0.1) is 7.11 Å². The number of carbonyl (C=O) groups excluding carboxylic acids is 1. The molecule has 2 rings (SSSR count). The third kappa shape index (κ3) is 3.34. The van der Waals surface area contributed by atoms with Crippen LogP contribution in [0, 0.1) is 5.92 Å². The molecule has 0 atom stereocenters. The summed E-state index contributed by atoms with van der Waals surface area (Å²) in [5, 5.41) is 10.4. The van der Waals surface area contributed by atoms with E-state index in [-0.39, 0.29) is 11.8 Å². The number of hydrogen-bond acceptors (Lipinski definition) is 5. The van der Waals surface area contributed by atoms with Gasteiger partial charge in [-0.2, -0.15) is 0 Å². The summed E-state index contributed by atoms with van der Waals surface area (Å²) in [6.07, 6.45) is 0. The molecule has 1 N–H and O–H groups in total. The molecule has 6 heteroatoms. The number of aromatic nitrogens is 2. The van der Waals surface area contributed by atoms with Crippen molar-refractivity contribution in [1.29, 1.82) is 0 Å². The number of amides is 1. The van der Waals surface area contributed by atoms with Gasteiger partial charge in [0.15, 0.2) is 0 Å². The summed E-state index contributed by atoms with van der Waals surface area (Å²) in [4.78, 5) is 11.8. The number of nitrogens with one attached hydrogen (secondary N) is 1. The van der Waals surface area contributed by atoms with Crippen LogP contribution < -0.4 is 10.1 Å². The van der Waals surface area contributed by atoms with Gasteiger partial charge < -0.3 is 14.5 Å². The van der Waals surface area contributed by atoms with Crippen molar-refractivity contribution in [2.24, 2.45) is 5.92 Å². The van der Waals surface area contributed by atoms with Gasteiger partial charge in [0, 0.05) is 12.1 Å². The first-order valence-electron chi connectivity index (χ1n) is 6.36. The van der Waals surface area contributed by atoms with Crippen molar-refractivity contribution in [3.8, 4) is 17.2 Å². The molecule has 0 bridgehead atoms. The van der Waals surface area contributed by atoms with Crippen LogP contribution in [0.3, 0.4) is 0 Å². The molecule has 0 saturated heterocycles. The van der Waals surface area contributed by atoms with Crippen molar-refractivity contribution in [2.75, 3.05) is 13.7 Å². The van der Waals surface area contributed by atoms with Crippen LogP contribution >= 0.6 is 0 Å². The average molecular weight is 275 g/mol. The lowest BCUT2D eigenvalue weighted by molar-refractivity contribution is 0.0915. The number of ether oxygens (including phenoxy) is 1. The van der Waals surface area contributed by atoms with E-state index in [1.807, 2.05) is 32.0 Å². The van der Waals surface area contributed by atoms with E-state index in [0.717, 1.165) is 0 Å². The van der Waals surface area contributed by atoms with Crippen LogP contribution in [0.15, 0.2) is 28.7 Å². The number of methoxy groups -OCH3 is 1. The van der Waals surface area contributed by atoms with Gasteiger partial charge in [0.1, 0.15) is 5.75 Å². The van der Waals surface area contributed by atoms with Crippen LogP contribution in [0.4, 0.5) is 0 Å². The zero-order chi connectivity index (χ0) is 14.5. The maximum atomic E-state index is 11.8. The highest BCUT2D eigenvalue weighted by atomic mass is 16.5. The van der Waals surface area contributed by atoms with E-state index in [2.05, 4.69) is 15.5 Å². The number of nitrogens with zero attached hydrogens (tertiary/aromatic N) is 2. The molecule has 0 fully saturated rings. The Morgan fingerprint density at radius 1 is 1.40 bits per heavy atom. The summed E-state index contributed by atoms with van der Waals surface area (Å²) in [5.41, 5.74) is 0.708. The highest BCUT2D eigenvalue weighted by molar-refractivity contribution is 5.89. The zero-order valence-corrected chi connectivity index (χ0v) is 11.7. The highest BCUT2D eigenvalue weighted by Gasteiger charge is 2.16. The minimum atomic E-state index is -0.361. The summed E-state index contributed by atoms with van der Waals surface area (Å²) in [6.45, 7) is 4.58. The maximum Gasteiger partial charge on any atom is 0.308 e. The van der Waals surface area contributed by atoms with E-state index in [1.54, 1.807) is 13.2 Å². The van der Waals surface area contributed by atoms with Crippen LogP contribution in [-0.2, 0) is 0 Å². The SMILES string of the molecule is COc1cccc(-c2nnc(C(=O)NCC(C)C)o2)c1. The first-order valence-corrected chi connectivity index (χ1v) is 6.36. The fraction of sp³-hybridized carbons (Fsp3) is 0.357. The number of rotatable bonds is 5. The normalized spacial score (nSPS) is 10.6. The van der Waals surface area contributed by atoms with Gasteiger partial charge in [-0.15, -0.1) is 10.2 Å². The molecule has 0 aliphatic carbocycles. The maximum absolute atomic E-state index is 11.8. The summed E-state index contributed by atoms with van der Waals surface area (Å²) in [5.74, 6) is 0.939. The third-order valence-electron chi connectivity index (χ3n) is 2.61. The molecule has 1 heterocycles. The van der Waals surface area contributed by atoms with E-state index >= 15 is 0 Å². The Labute approximate surface area is 117 Å². The van der Waals surface area contributed by atoms with Crippen LogP contribution in [-0.4, -0.2) is 29.8 Å². The third-order valence-corrected chi connectivity index (χ3v) is 2.61. The monoisotopic (exact) mass is 275 g/mol. The number of hydrogen-bond donors (Lipinski definition) is 1. The average Bonchev–Trinajstić information content (AvgIpc) is 2.94. The largest absolute Gasteiger partial charge is 0.497 e. The van der Waals surface area contributed by atoms with Crippen LogP contribution in [0.2, 0.25) is 0 Å². The minimum Gasteiger partial charge on any atom is -0.497 e. The Kier molecular flexibility index (Phi) is 4.34. The Morgan fingerprint density at radius 2 is 2.20 bits per heavy atom. The van der Waals surface area contributed by atoms with Gasteiger partial charge in [0.25, 0.3) is 0 Å². The van der Waals surface area contributed by atoms with Crippen molar-refractivity contribution in [3.05, 3.63) is 30.2 Å². The van der Waals surface area contributed by atoms with Gasteiger partial charge in [0.2, 0.25) is 5.89 Å². The van der Waals surface area contributed by atoms with Crippen LogP contribution in [0.1, 0.15) is 24.5 Å². The van der Waals surface area contributed by atoms with Gasteiger partial charge in [-0.25, -0.2) is 0 Å². The van der Waals surface area contributed by atoms with Crippen LogP contribution in [0.25, 0.3) is 11.5 Å². The fourth-order valence-corrected chi connectivity index (χ4v) is 1.56. The molecule has 0 unspecified atom stereocenters. The van der Waals surface area contributed by atoms with E-state index in [1.165, 1.54) is 0 Å². The first kappa shape index (κ1) is 14.0. The van der Waals surface area contributed by atoms with Gasteiger partial charge >= 0.3 is 11.8 Å². The number of benzene rings is 1. The van der Waals surface area contributed by atoms with Gasteiger partial charge in [-0.05, 0) is 24.1 Å². The molecule has 2 aromatic rings. The molecule has 0 aliphatic heterocycles. The van der Waals surface area contributed by atoms with Crippen LogP contribution in [0.5, 0.6) is 5.75 Å². The molecule has 0 spiro atoms. The standard InChI is InChI=1S/C14H17N3O3/c1-9(2)8-15-12(18)14-17-16-13(20-14)10-5-4-6-11(7-10)19-3/h4-7,9H,8H2,1-3H3,(H,15,18). The molecule has 1 amide bonds. The van der Waals surface area contributed by atoms with Crippen molar-refractivity contribution in [3.63, 3.8) is 0 Å². The summed E-state index contributed by atoms with van der Waals surface area (Å²) in [6, 6.07) is 7.21. The molecule has 0 radical (unpaired) electrons. The molecule has 20 heavy (non-hydrogen) atoms. The van der Waals surface area contributed by atoms with E-state index in [0.29, 0.717) is 29.7 Å². The van der Waals surface area contributed by atoms with Crippen molar-refractivity contribution in [1.82, 2.24) is 15.5 Å². The smallest absolute Gasteiger partial charge is 0.308 e. The summed E-state index contributed by atoms with van der Waals surface area (Å²) >= 11 is 0. The first-order chi connectivity index (χ1) is 9.60. The lowest BCUT2D eigenvalue weighted by atomic mass is 10.2. The molecule has 106 valence electrons. The van der Waals surface area contributed by atoms with E-state index in [9.17, 15) is 4.79 Å². The Morgan fingerprint density at radius 3 is 2.90 bits per heavy atom. The summed E-state index contributed by atoms with van der Waals surface area (Å²) < 4.78 is 10.5. The second-order valence-electron chi connectivity index (χ2n) is 4.75. The Bertz CT molecular complexity index is 593. The lowest BCUT2D eigenvalue weighted by Crippen LogP contribution is -2.27. The summed E-state index contributed by atoms with van der Waals surface area (Å²) in [7, 11) is 1.58. The minimum absolute atomic E-state index is 0.0385. The van der Waals surface area contributed by atoms with E-state index in [4.69, 9.17) is 9.15 Å². The predicted octanol–water partition coefficient (Wildman–Crippen LogP) is 2.13. The van der Waals surface area contributed by atoms with Gasteiger partial charge in [-0.1, -0.05) is 19.9 Å². The van der Waals surface area contributed by atoms with Crippen molar-refractivity contribution >= 4 is 5.91 Å². The highest BCUT2D eigenvalue weighted by Crippen LogP contribution is 2.22. The van der Waals surface area contributed by atoms with E-state index < -0.39 is 0 Å². The molecule has 0 aliphatic rings. The molecule has 6 nitrogen and oxygen atoms in total. The molecule has 1 aromatic carbocycles. The Balaban J connectivity index is 2.13.